The van der Waals surface area contributed by atoms with Crippen molar-refractivity contribution in [2.75, 3.05) is 13.1 Å². The van der Waals surface area contributed by atoms with Gasteiger partial charge in [0.25, 0.3) is 5.91 Å². The molecule has 2 aromatic rings. The van der Waals surface area contributed by atoms with Crippen molar-refractivity contribution in [2.24, 2.45) is 5.92 Å². The van der Waals surface area contributed by atoms with E-state index in [-0.39, 0.29) is 5.91 Å². The van der Waals surface area contributed by atoms with Crippen molar-refractivity contribution in [1.29, 1.82) is 0 Å². The molecular weight excluding hydrogens is 316 g/mol. The van der Waals surface area contributed by atoms with Crippen LogP contribution in [0.5, 0.6) is 0 Å². The van der Waals surface area contributed by atoms with Gasteiger partial charge in [-0.05, 0) is 37.7 Å². The topological polar surface area (TPSA) is 76.8 Å². The van der Waals surface area contributed by atoms with Crippen LogP contribution in [-0.2, 0) is 6.54 Å². The van der Waals surface area contributed by atoms with E-state index in [2.05, 4.69) is 26.7 Å². The van der Waals surface area contributed by atoms with Crippen molar-refractivity contribution in [1.82, 2.24) is 30.1 Å². The Balaban J connectivity index is 1.37. The van der Waals surface area contributed by atoms with Gasteiger partial charge in [-0.3, -0.25) is 9.48 Å². The van der Waals surface area contributed by atoms with Crippen LogP contribution < -0.4 is 0 Å². The SMILES string of the molecule is O=C(c1ccnnc1)N1CCC[C@H](Cn2cc(C3CCCC3)nn2)C1. The Bertz CT molecular complexity index is 709. The van der Waals surface area contributed by atoms with Gasteiger partial charge < -0.3 is 4.90 Å². The van der Waals surface area contributed by atoms with Gasteiger partial charge in [0.15, 0.2) is 0 Å². The van der Waals surface area contributed by atoms with E-state index < -0.39 is 0 Å². The van der Waals surface area contributed by atoms with Crippen molar-refractivity contribution in [2.45, 2.75) is 51.0 Å². The molecule has 2 aliphatic rings. The van der Waals surface area contributed by atoms with Gasteiger partial charge in [0, 0.05) is 31.7 Å². The molecule has 2 fully saturated rings. The Labute approximate surface area is 147 Å². The second-order valence-electron chi connectivity index (χ2n) is 7.24. The molecule has 1 saturated heterocycles. The van der Waals surface area contributed by atoms with E-state index in [9.17, 15) is 4.79 Å². The fourth-order valence-corrected chi connectivity index (χ4v) is 4.07. The number of amides is 1. The lowest BCUT2D eigenvalue weighted by molar-refractivity contribution is 0.0658. The molecule has 1 amide bonds. The Morgan fingerprint density at radius 3 is 2.84 bits per heavy atom. The van der Waals surface area contributed by atoms with Crippen LogP contribution in [0.4, 0.5) is 0 Å². The van der Waals surface area contributed by atoms with Gasteiger partial charge >= 0.3 is 0 Å². The molecule has 1 aliphatic carbocycles. The fraction of sp³-hybridized carbons (Fsp3) is 0.611. The summed E-state index contributed by atoms with van der Waals surface area (Å²) in [5.41, 5.74) is 1.75. The van der Waals surface area contributed by atoms with E-state index in [0.29, 0.717) is 17.4 Å². The lowest BCUT2D eigenvalue weighted by Crippen LogP contribution is -2.41. The number of likely N-dealkylation sites (tertiary alicyclic amines) is 1. The number of aromatic nitrogens is 5. The van der Waals surface area contributed by atoms with Crippen LogP contribution in [0, 0.1) is 5.92 Å². The maximum Gasteiger partial charge on any atom is 0.255 e. The van der Waals surface area contributed by atoms with E-state index in [4.69, 9.17) is 0 Å². The fourth-order valence-electron chi connectivity index (χ4n) is 4.07. The van der Waals surface area contributed by atoms with E-state index in [1.807, 2.05) is 9.58 Å². The Kier molecular flexibility index (Phi) is 4.72. The lowest BCUT2D eigenvalue weighted by atomic mass is 9.97. The molecule has 2 aromatic heterocycles. The predicted molar refractivity (Wildman–Crippen MR) is 91.9 cm³/mol. The van der Waals surface area contributed by atoms with Gasteiger partial charge in [0.2, 0.25) is 0 Å². The van der Waals surface area contributed by atoms with Gasteiger partial charge in [-0.2, -0.15) is 10.2 Å². The first-order valence-corrected chi connectivity index (χ1v) is 9.25. The number of carbonyl (C=O) groups excluding carboxylic acids is 1. The molecule has 0 radical (unpaired) electrons. The number of carbonyl (C=O) groups is 1. The summed E-state index contributed by atoms with van der Waals surface area (Å²) in [7, 11) is 0. The summed E-state index contributed by atoms with van der Waals surface area (Å²) >= 11 is 0. The molecule has 25 heavy (non-hydrogen) atoms. The minimum absolute atomic E-state index is 0.0461. The zero-order valence-corrected chi connectivity index (χ0v) is 14.4. The average molecular weight is 340 g/mol. The molecule has 1 atom stereocenters. The number of nitrogens with zero attached hydrogens (tertiary/aromatic N) is 6. The third-order valence-electron chi connectivity index (χ3n) is 5.41. The molecule has 0 unspecified atom stereocenters. The maximum atomic E-state index is 12.6. The van der Waals surface area contributed by atoms with Crippen LogP contribution in [0.3, 0.4) is 0 Å². The standard InChI is InChI=1S/C18H24N6O/c25-18(16-7-8-19-20-10-16)23-9-3-4-14(11-23)12-24-13-17(21-22-24)15-5-1-2-6-15/h7-8,10,13-15H,1-6,9,11-12H2/t14-/m0/s1. The largest absolute Gasteiger partial charge is 0.338 e. The number of hydrogen-bond donors (Lipinski definition) is 0. The number of hydrogen-bond acceptors (Lipinski definition) is 5. The summed E-state index contributed by atoms with van der Waals surface area (Å²) in [5, 5.41) is 16.3. The summed E-state index contributed by atoms with van der Waals surface area (Å²) in [6.45, 7) is 2.40. The van der Waals surface area contributed by atoms with Crippen LogP contribution in [0.2, 0.25) is 0 Å². The first kappa shape index (κ1) is 16.2. The Morgan fingerprint density at radius 2 is 2.04 bits per heavy atom. The molecule has 7 nitrogen and oxygen atoms in total. The van der Waals surface area contributed by atoms with Gasteiger partial charge in [0.05, 0.1) is 23.7 Å². The Hall–Kier alpha value is -2.31. The van der Waals surface area contributed by atoms with Gasteiger partial charge in [-0.25, -0.2) is 0 Å². The number of rotatable bonds is 4. The predicted octanol–water partition coefficient (Wildman–Crippen LogP) is 2.28. The molecule has 0 bridgehead atoms. The molecule has 0 spiro atoms. The van der Waals surface area contributed by atoms with E-state index in [1.165, 1.54) is 31.9 Å². The Morgan fingerprint density at radius 1 is 1.16 bits per heavy atom. The summed E-state index contributed by atoms with van der Waals surface area (Å²) in [5.74, 6) is 1.06. The molecule has 0 N–H and O–H groups in total. The lowest BCUT2D eigenvalue weighted by Gasteiger charge is -2.32. The second kappa shape index (κ2) is 7.29. The quantitative estimate of drug-likeness (QED) is 0.853. The van der Waals surface area contributed by atoms with Crippen LogP contribution in [0.25, 0.3) is 0 Å². The minimum atomic E-state index is 0.0461. The van der Waals surface area contributed by atoms with Crippen LogP contribution in [-0.4, -0.2) is 49.1 Å². The molecule has 4 rings (SSSR count). The summed E-state index contributed by atoms with van der Waals surface area (Å²) in [6.07, 6.45) is 12.5. The van der Waals surface area contributed by atoms with Crippen LogP contribution >= 0.6 is 0 Å². The highest BCUT2D eigenvalue weighted by molar-refractivity contribution is 5.93. The number of piperidine rings is 1. The van der Waals surface area contributed by atoms with E-state index >= 15 is 0 Å². The summed E-state index contributed by atoms with van der Waals surface area (Å²) in [6, 6.07) is 1.73. The third kappa shape index (κ3) is 3.70. The highest BCUT2D eigenvalue weighted by Gasteiger charge is 2.26. The molecule has 1 aliphatic heterocycles. The first-order valence-electron chi connectivity index (χ1n) is 9.25. The zero-order chi connectivity index (χ0) is 17.1. The smallest absolute Gasteiger partial charge is 0.255 e. The normalized spacial score (nSPS) is 21.6. The summed E-state index contributed by atoms with van der Waals surface area (Å²) < 4.78 is 1.97. The van der Waals surface area contributed by atoms with Crippen molar-refractivity contribution in [3.05, 3.63) is 35.9 Å². The monoisotopic (exact) mass is 340 g/mol. The molecule has 3 heterocycles. The van der Waals surface area contributed by atoms with Crippen LogP contribution in [0.1, 0.15) is 60.5 Å². The summed E-state index contributed by atoms with van der Waals surface area (Å²) in [4.78, 5) is 14.5. The van der Waals surface area contributed by atoms with E-state index in [0.717, 1.165) is 38.2 Å². The van der Waals surface area contributed by atoms with Gasteiger partial charge in [0.1, 0.15) is 0 Å². The van der Waals surface area contributed by atoms with Crippen molar-refractivity contribution < 1.29 is 4.79 Å². The molecule has 1 saturated carbocycles. The average Bonchev–Trinajstić information content (AvgIpc) is 3.34. The van der Waals surface area contributed by atoms with Gasteiger partial charge in [-0.15, -0.1) is 5.10 Å². The van der Waals surface area contributed by atoms with Gasteiger partial charge in [-0.1, -0.05) is 18.1 Å². The molecule has 7 heteroatoms. The zero-order valence-electron chi connectivity index (χ0n) is 14.4. The van der Waals surface area contributed by atoms with Crippen LogP contribution in [0.15, 0.2) is 24.7 Å². The highest BCUT2D eigenvalue weighted by atomic mass is 16.2. The van der Waals surface area contributed by atoms with Crippen molar-refractivity contribution in [3.8, 4) is 0 Å². The molecule has 0 aromatic carbocycles. The second-order valence-corrected chi connectivity index (χ2v) is 7.24. The highest BCUT2D eigenvalue weighted by Crippen LogP contribution is 2.32. The third-order valence-corrected chi connectivity index (χ3v) is 5.41. The molecular formula is C18H24N6O. The maximum absolute atomic E-state index is 12.6. The van der Waals surface area contributed by atoms with E-state index in [1.54, 1.807) is 12.3 Å². The molecule has 132 valence electrons. The van der Waals surface area contributed by atoms with Crippen molar-refractivity contribution in [3.63, 3.8) is 0 Å². The van der Waals surface area contributed by atoms with Crippen molar-refractivity contribution >= 4 is 5.91 Å². The minimum Gasteiger partial charge on any atom is -0.338 e. The first-order chi connectivity index (χ1) is 12.3.